The van der Waals surface area contributed by atoms with Crippen molar-refractivity contribution in [3.8, 4) is 5.75 Å². The van der Waals surface area contributed by atoms with Crippen molar-refractivity contribution in [1.82, 2.24) is 5.32 Å². The molecule has 0 aromatic heterocycles. The van der Waals surface area contributed by atoms with E-state index in [0.29, 0.717) is 0 Å². The molecule has 2 N–H and O–H groups in total. The summed E-state index contributed by atoms with van der Waals surface area (Å²) in [5.74, 6) is -0.678. The summed E-state index contributed by atoms with van der Waals surface area (Å²) in [6, 6.07) is 10.0. The molecule has 4 nitrogen and oxygen atoms in total. The van der Waals surface area contributed by atoms with E-state index in [2.05, 4.69) is 10.6 Å². The van der Waals surface area contributed by atoms with Crippen molar-refractivity contribution in [2.75, 3.05) is 12.4 Å². The van der Waals surface area contributed by atoms with Gasteiger partial charge in [0, 0.05) is 17.8 Å². The van der Waals surface area contributed by atoms with Gasteiger partial charge in [0.1, 0.15) is 17.4 Å². The molecule has 0 aliphatic rings. The predicted molar refractivity (Wildman–Crippen MR) is 89.3 cm³/mol. The van der Waals surface area contributed by atoms with Crippen LogP contribution in [0.2, 0.25) is 0 Å². The summed E-state index contributed by atoms with van der Waals surface area (Å²) in [7, 11) is 1.62. The normalized spacial score (nSPS) is 11.7. The highest BCUT2D eigenvalue weighted by Crippen LogP contribution is 2.14. The third kappa shape index (κ3) is 5.53. The number of hydrogen-bond donors (Lipinski definition) is 2. The topological polar surface area (TPSA) is 50.4 Å². The van der Waals surface area contributed by atoms with E-state index in [0.717, 1.165) is 42.4 Å². The van der Waals surface area contributed by atoms with E-state index in [1.54, 1.807) is 7.11 Å². The molecule has 2 rings (SSSR count). The average molecular weight is 334 g/mol. The summed E-state index contributed by atoms with van der Waals surface area (Å²) in [5.41, 5.74) is 1.21. The van der Waals surface area contributed by atoms with Gasteiger partial charge >= 0.3 is 6.03 Å². The van der Waals surface area contributed by atoms with Crippen LogP contribution in [0.4, 0.5) is 19.3 Å². The lowest BCUT2D eigenvalue weighted by Crippen LogP contribution is -2.36. The van der Waals surface area contributed by atoms with E-state index in [9.17, 15) is 13.6 Å². The quantitative estimate of drug-likeness (QED) is 0.835. The molecule has 0 fully saturated rings. The molecule has 0 heterocycles. The molecule has 0 bridgehead atoms. The Morgan fingerprint density at radius 2 is 1.75 bits per heavy atom. The van der Waals surface area contributed by atoms with Crippen LogP contribution in [0.25, 0.3) is 0 Å². The number of benzene rings is 2. The van der Waals surface area contributed by atoms with Gasteiger partial charge in [-0.3, -0.25) is 0 Å². The molecule has 2 aromatic rings. The monoisotopic (exact) mass is 334 g/mol. The van der Waals surface area contributed by atoms with Crippen LogP contribution in [-0.4, -0.2) is 19.2 Å². The van der Waals surface area contributed by atoms with Crippen LogP contribution in [0.1, 0.15) is 18.9 Å². The second kappa shape index (κ2) is 8.29. The number of methoxy groups -OCH3 is 1. The lowest BCUT2D eigenvalue weighted by Gasteiger charge is -2.15. The van der Waals surface area contributed by atoms with Gasteiger partial charge in [-0.05, 0) is 49.6 Å². The molecule has 1 atom stereocenters. The number of carbonyl (C=O) groups excluding carboxylic acids is 1. The largest absolute Gasteiger partial charge is 0.497 e. The second-order valence-electron chi connectivity index (χ2n) is 5.54. The Morgan fingerprint density at radius 1 is 1.12 bits per heavy atom. The first-order valence-corrected chi connectivity index (χ1v) is 7.63. The highest BCUT2D eigenvalue weighted by Gasteiger charge is 2.09. The lowest BCUT2D eigenvalue weighted by atomic mass is 10.1. The van der Waals surface area contributed by atoms with Crippen LogP contribution in [0.5, 0.6) is 5.75 Å². The predicted octanol–water partition coefficient (Wildman–Crippen LogP) is 4.12. The number of hydrogen-bond acceptors (Lipinski definition) is 2. The summed E-state index contributed by atoms with van der Waals surface area (Å²) in [6.07, 6.45) is 1.53. The summed E-state index contributed by atoms with van der Waals surface area (Å²) in [5, 5.41) is 5.16. The molecule has 0 saturated heterocycles. The molecule has 0 spiro atoms. The van der Waals surface area contributed by atoms with Crippen LogP contribution < -0.4 is 15.4 Å². The molecule has 6 heteroatoms. The number of ether oxygens (including phenoxy) is 1. The molecule has 0 aliphatic heterocycles. The van der Waals surface area contributed by atoms with Crippen LogP contribution in [0, 0.1) is 11.6 Å². The van der Waals surface area contributed by atoms with E-state index in [-0.39, 0.29) is 11.7 Å². The highest BCUT2D eigenvalue weighted by atomic mass is 19.1. The van der Waals surface area contributed by atoms with Crippen LogP contribution in [-0.2, 0) is 6.42 Å². The summed E-state index contributed by atoms with van der Waals surface area (Å²) in [6.45, 7) is 1.87. The fraction of sp³-hybridized carbons (Fsp3) is 0.278. The van der Waals surface area contributed by atoms with Gasteiger partial charge in [-0.2, -0.15) is 0 Å². The van der Waals surface area contributed by atoms with Gasteiger partial charge in [-0.15, -0.1) is 0 Å². The Bertz CT molecular complexity index is 670. The third-order valence-corrected chi connectivity index (χ3v) is 3.52. The Kier molecular flexibility index (Phi) is 6.12. The van der Waals surface area contributed by atoms with Crippen molar-refractivity contribution in [1.29, 1.82) is 0 Å². The van der Waals surface area contributed by atoms with Crippen molar-refractivity contribution in [3.63, 3.8) is 0 Å². The third-order valence-electron chi connectivity index (χ3n) is 3.52. The van der Waals surface area contributed by atoms with Crippen molar-refractivity contribution in [3.05, 3.63) is 59.7 Å². The highest BCUT2D eigenvalue weighted by molar-refractivity contribution is 5.89. The summed E-state index contributed by atoms with van der Waals surface area (Å²) < 4.78 is 31.3. The van der Waals surface area contributed by atoms with E-state index in [1.807, 2.05) is 31.2 Å². The Labute approximate surface area is 139 Å². The first kappa shape index (κ1) is 17.7. The number of anilines is 1. The molecular weight excluding hydrogens is 314 g/mol. The number of urea groups is 1. The van der Waals surface area contributed by atoms with Crippen LogP contribution in [0.15, 0.2) is 42.5 Å². The summed E-state index contributed by atoms with van der Waals surface area (Å²) in [4.78, 5) is 11.9. The molecule has 0 aliphatic carbocycles. The first-order valence-electron chi connectivity index (χ1n) is 7.63. The number of rotatable bonds is 6. The fourth-order valence-corrected chi connectivity index (χ4v) is 2.26. The number of nitrogens with one attached hydrogen (secondary N) is 2. The van der Waals surface area contributed by atoms with Gasteiger partial charge in [0.15, 0.2) is 0 Å². The molecule has 24 heavy (non-hydrogen) atoms. The maximum atomic E-state index is 13.1. The zero-order valence-corrected chi connectivity index (χ0v) is 13.6. The molecule has 0 radical (unpaired) electrons. The molecule has 128 valence electrons. The Morgan fingerprint density at radius 3 is 2.33 bits per heavy atom. The smallest absolute Gasteiger partial charge is 0.319 e. The van der Waals surface area contributed by atoms with Crippen molar-refractivity contribution < 1.29 is 18.3 Å². The average Bonchev–Trinajstić information content (AvgIpc) is 2.52. The van der Waals surface area contributed by atoms with Crippen molar-refractivity contribution >= 4 is 11.7 Å². The fourth-order valence-electron chi connectivity index (χ4n) is 2.26. The molecular formula is C18H20F2N2O2. The number of aryl methyl sites for hydroxylation is 1. The first-order chi connectivity index (χ1) is 11.5. The standard InChI is InChI=1S/C18H20F2N2O2/c1-12(3-4-13-5-7-17(24-2)8-6-13)21-18(23)22-16-10-14(19)9-15(20)11-16/h5-12H,3-4H2,1-2H3,(H2,21,22,23). The maximum absolute atomic E-state index is 13.1. The maximum Gasteiger partial charge on any atom is 0.319 e. The number of carbonyl (C=O) groups is 1. The molecule has 0 saturated carbocycles. The van der Waals surface area contributed by atoms with Crippen LogP contribution >= 0.6 is 0 Å². The van der Waals surface area contributed by atoms with E-state index in [1.165, 1.54) is 0 Å². The molecule has 2 aromatic carbocycles. The zero-order chi connectivity index (χ0) is 17.5. The second-order valence-corrected chi connectivity index (χ2v) is 5.54. The minimum absolute atomic E-state index is 0.0763. The lowest BCUT2D eigenvalue weighted by molar-refractivity contribution is 0.248. The zero-order valence-electron chi connectivity index (χ0n) is 13.6. The minimum atomic E-state index is -0.738. The van der Waals surface area contributed by atoms with Gasteiger partial charge in [0.05, 0.1) is 7.11 Å². The van der Waals surface area contributed by atoms with Crippen molar-refractivity contribution in [2.24, 2.45) is 0 Å². The van der Waals surface area contributed by atoms with Gasteiger partial charge < -0.3 is 15.4 Å². The van der Waals surface area contributed by atoms with E-state index >= 15 is 0 Å². The SMILES string of the molecule is COc1ccc(CCC(C)NC(=O)Nc2cc(F)cc(F)c2)cc1. The number of halogens is 2. The molecule has 2 amide bonds. The number of amides is 2. The Balaban J connectivity index is 1.80. The van der Waals surface area contributed by atoms with E-state index < -0.39 is 17.7 Å². The van der Waals surface area contributed by atoms with Gasteiger partial charge in [0.25, 0.3) is 0 Å². The van der Waals surface area contributed by atoms with E-state index in [4.69, 9.17) is 4.74 Å². The van der Waals surface area contributed by atoms with Crippen molar-refractivity contribution in [2.45, 2.75) is 25.8 Å². The van der Waals surface area contributed by atoms with Crippen LogP contribution in [0.3, 0.4) is 0 Å². The van der Waals surface area contributed by atoms with Gasteiger partial charge in [-0.1, -0.05) is 12.1 Å². The van der Waals surface area contributed by atoms with Gasteiger partial charge in [0.2, 0.25) is 0 Å². The minimum Gasteiger partial charge on any atom is -0.497 e. The Hall–Kier alpha value is -2.63. The van der Waals surface area contributed by atoms with Gasteiger partial charge in [-0.25, -0.2) is 13.6 Å². The molecule has 1 unspecified atom stereocenters. The summed E-state index contributed by atoms with van der Waals surface area (Å²) >= 11 is 0.